The highest BCUT2D eigenvalue weighted by Gasteiger charge is 2.32. The molecule has 1 fully saturated rings. The van der Waals surface area contributed by atoms with Gasteiger partial charge in [0.15, 0.2) is 0 Å². The van der Waals surface area contributed by atoms with E-state index >= 15 is 0 Å². The Morgan fingerprint density at radius 3 is 2.76 bits per heavy atom. The summed E-state index contributed by atoms with van der Waals surface area (Å²) < 4.78 is 42.9. The number of carbonyl (C=O) groups excluding carboxylic acids is 1. The van der Waals surface area contributed by atoms with Crippen LogP contribution in [0, 0.1) is 5.92 Å². The lowest BCUT2D eigenvalue weighted by Gasteiger charge is -2.13. The van der Waals surface area contributed by atoms with Crippen LogP contribution in [0.2, 0.25) is 0 Å². The summed E-state index contributed by atoms with van der Waals surface area (Å²) in [6, 6.07) is 0.602. The van der Waals surface area contributed by atoms with E-state index in [2.05, 4.69) is 5.32 Å². The van der Waals surface area contributed by atoms with Gasteiger partial charge in [-0.1, -0.05) is 0 Å². The van der Waals surface area contributed by atoms with Crippen LogP contribution in [0.15, 0.2) is 17.1 Å². The highest BCUT2D eigenvalue weighted by molar-refractivity contribution is 5.93. The number of aromatic amines is 1. The highest BCUT2D eigenvalue weighted by atomic mass is 19.4. The van der Waals surface area contributed by atoms with Gasteiger partial charge in [-0.2, -0.15) is 13.2 Å². The van der Waals surface area contributed by atoms with Gasteiger partial charge >= 0.3 is 6.18 Å². The Balaban J connectivity index is 2.03. The smallest absolute Gasteiger partial charge is 0.368 e. The SMILES string of the molecule is C[C@H](OCC1CC1)C(=O)Nc1cc(C(F)(F)F)c[nH]c1=O. The fourth-order valence-electron chi connectivity index (χ4n) is 1.62. The van der Waals surface area contributed by atoms with Crippen LogP contribution in [0.4, 0.5) is 18.9 Å². The standard InChI is InChI=1S/C13H15F3N2O3/c1-7(21-6-8-2-3-8)11(19)18-10-4-9(13(14,15)16)5-17-12(10)20/h4-5,7-8H,2-3,6H2,1H3,(H,17,20)(H,18,19)/t7-/m0/s1. The van der Waals surface area contributed by atoms with Gasteiger partial charge < -0.3 is 15.0 Å². The molecule has 116 valence electrons. The molecular formula is C13H15F3N2O3. The van der Waals surface area contributed by atoms with Gasteiger partial charge in [0.05, 0.1) is 12.2 Å². The van der Waals surface area contributed by atoms with Crippen LogP contribution in [0.5, 0.6) is 0 Å². The van der Waals surface area contributed by atoms with Gasteiger partial charge in [-0.15, -0.1) is 0 Å². The lowest BCUT2D eigenvalue weighted by molar-refractivity contribution is -0.137. The van der Waals surface area contributed by atoms with Gasteiger partial charge in [0, 0.05) is 6.20 Å². The summed E-state index contributed by atoms with van der Waals surface area (Å²) in [5.74, 6) is -0.197. The second-order valence-electron chi connectivity index (χ2n) is 5.04. The first kappa shape index (κ1) is 15.6. The van der Waals surface area contributed by atoms with Crippen LogP contribution < -0.4 is 10.9 Å². The maximum absolute atomic E-state index is 12.6. The monoisotopic (exact) mass is 304 g/mol. The summed E-state index contributed by atoms with van der Waals surface area (Å²) in [5.41, 5.74) is -2.29. The molecule has 0 aromatic carbocycles. The van der Waals surface area contributed by atoms with E-state index in [1.54, 1.807) is 0 Å². The van der Waals surface area contributed by atoms with Crippen molar-refractivity contribution in [3.63, 3.8) is 0 Å². The van der Waals surface area contributed by atoms with Gasteiger partial charge in [-0.3, -0.25) is 9.59 Å². The molecule has 1 aromatic rings. The molecule has 8 heteroatoms. The van der Waals surface area contributed by atoms with Gasteiger partial charge in [0.2, 0.25) is 0 Å². The quantitative estimate of drug-likeness (QED) is 0.875. The summed E-state index contributed by atoms with van der Waals surface area (Å²) in [5, 5.41) is 2.16. The number of amides is 1. The van der Waals surface area contributed by atoms with Crippen LogP contribution in [-0.2, 0) is 15.7 Å². The van der Waals surface area contributed by atoms with Crippen molar-refractivity contribution in [1.29, 1.82) is 0 Å². The van der Waals surface area contributed by atoms with E-state index < -0.39 is 35.0 Å². The lowest BCUT2D eigenvalue weighted by Crippen LogP contribution is -2.31. The minimum atomic E-state index is -4.60. The summed E-state index contributed by atoms with van der Waals surface area (Å²) in [6.45, 7) is 1.92. The molecule has 21 heavy (non-hydrogen) atoms. The van der Waals surface area contributed by atoms with Crippen molar-refractivity contribution in [3.8, 4) is 0 Å². The first-order valence-corrected chi connectivity index (χ1v) is 6.50. The van der Waals surface area contributed by atoms with Crippen LogP contribution in [0.1, 0.15) is 25.3 Å². The minimum Gasteiger partial charge on any atom is -0.368 e. The number of alkyl halides is 3. The largest absolute Gasteiger partial charge is 0.417 e. The number of hydrogen-bond donors (Lipinski definition) is 2. The molecule has 0 radical (unpaired) electrons. The molecule has 0 saturated heterocycles. The molecule has 1 atom stereocenters. The maximum Gasteiger partial charge on any atom is 0.417 e. The van der Waals surface area contributed by atoms with E-state index in [9.17, 15) is 22.8 Å². The summed E-state index contributed by atoms with van der Waals surface area (Å²) >= 11 is 0. The average molecular weight is 304 g/mol. The number of nitrogens with one attached hydrogen (secondary N) is 2. The molecule has 1 heterocycles. The molecular weight excluding hydrogens is 289 g/mol. The van der Waals surface area contributed by atoms with E-state index in [0.717, 1.165) is 12.8 Å². The van der Waals surface area contributed by atoms with Crippen LogP contribution >= 0.6 is 0 Å². The maximum atomic E-state index is 12.6. The number of hydrogen-bond acceptors (Lipinski definition) is 3. The molecule has 0 aliphatic heterocycles. The van der Waals surface area contributed by atoms with Crippen molar-refractivity contribution in [1.82, 2.24) is 4.98 Å². The number of ether oxygens (including phenoxy) is 1. The second kappa shape index (κ2) is 5.88. The first-order chi connectivity index (χ1) is 9.77. The van der Waals surface area contributed by atoms with Crippen molar-refractivity contribution in [2.24, 2.45) is 5.92 Å². The van der Waals surface area contributed by atoms with Gasteiger partial charge in [0.1, 0.15) is 11.8 Å². The number of aromatic nitrogens is 1. The zero-order valence-electron chi connectivity index (χ0n) is 11.3. The molecule has 0 spiro atoms. The van der Waals surface area contributed by atoms with Crippen LogP contribution in [0.25, 0.3) is 0 Å². The summed E-state index contributed by atoms with van der Waals surface area (Å²) in [4.78, 5) is 25.2. The molecule has 1 amide bonds. The van der Waals surface area contributed by atoms with Gasteiger partial charge in [-0.25, -0.2) is 0 Å². The molecule has 1 saturated carbocycles. The summed E-state index contributed by atoms with van der Waals surface area (Å²) in [6.07, 6.45) is -2.76. The second-order valence-corrected chi connectivity index (χ2v) is 5.04. The number of H-pyrrole nitrogens is 1. The van der Waals surface area contributed by atoms with E-state index in [-0.39, 0.29) is 0 Å². The number of carbonyl (C=O) groups is 1. The molecule has 1 aliphatic carbocycles. The Morgan fingerprint density at radius 2 is 2.19 bits per heavy atom. The number of halogens is 3. The third kappa shape index (κ3) is 4.32. The van der Waals surface area contributed by atoms with Gasteiger partial charge in [0.25, 0.3) is 11.5 Å². The fraction of sp³-hybridized carbons (Fsp3) is 0.538. The molecule has 5 nitrogen and oxygen atoms in total. The van der Waals surface area contributed by atoms with Crippen molar-refractivity contribution < 1.29 is 22.7 Å². The number of pyridine rings is 1. The van der Waals surface area contributed by atoms with Crippen molar-refractivity contribution in [3.05, 3.63) is 28.2 Å². The Labute approximate surface area is 118 Å². The number of rotatable bonds is 5. The number of anilines is 1. The molecule has 2 N–H and O–H groups in total. The van der Waals surface area contributed by atoms with E-state index in [4.69, 9.17) is 4.74 Å². The zero-order chi connectivity index (χ0) is 15.6. The predicted octanol–water partition coefficient (Wildman–Crippen LogP) is 2.15. The topological polar surface area (TPSA) is 71.2 Å². The molecule has 1 aliphatic rings. The predicted molar refractivity (Wildman–Crippen MR) is 68.8 cm³/mol. The van der Waals surface area contributed by atoms with E-state index in [0.29, 0.717) is 24.8 Å². The van der Waals surface area contributed by atoms with Crippen molar-refractivity contribution in [2.45, 2.75) is 32.0 Å². The van der Waals surface area contributed by atoms with Gasteiger partial charge in [-0.05, 0) is 31.7 Å². The van der Waals surface area contributed by atoms with E-state index in [1.807, 2.05) is 4.98 Å². The molecule has 2 rings (SSSR count). The normalized spacial score (nSPS) is 16.6. The van der Waals surface area contributed by atoms with Crippen molar-refractivity contribution in [2.75, 3.05) is 11.9 Å². The third-order valence-corrected chi connectivity index (χ3v) is 3.14. The van der Waals surface area contributed by atoms with E-state index in [1.165, 1.54) is 6.92 Å². The lowest BCUT2D eigenvalue weighted by atomic mass is 10.2. The first-order valence-electron chi connectivity index (χ1n) is 6.50. The fourth-order valence-corrected chi connectivity index (χ4v) is 1.62. The zero-order valence-corrected chi connectivity index (χ0v) is 11.3. The third-order valence-electron chi connectivity index (χ3n) is 3.14. The Kier molecular flexibility index (Phi) is 4.36. The van der Waals surface area contributed by atoms with Crippen LogP contribution in [0.3, 0.4) is 0 Å². The van der Waals surface area contributed by atoms with Crippen molar-refractivity contribution >= 4 is 11.6 Å². The van der Waals surface area contributed by atoms with Crippen LogP contribution in [-0.4, -0.2) is 23.6 Å². The Bertz CT molecular complexity index is 579. The molecule has 0 unspecified atom stereocenters. The average Bonchev–Trinajstić information content (AvgIpc) is 3.21. The Hall–Kier alpha value is -1.83. The molecule has 0 bridgehead atoms. The Morgan fingerprint density at radius 1 is 1.52 bits per heavy atom. The minimum absolute atomic E-state index is 0.438. The molecule has 1 aromatic heterocycles. The highest BCUT2D eigenvalue weighted by Crippen LogP contribution is 2.30. The summed E-state index contributed by atoms with van der Waals surface area (Å²) in [7, 11) is 0.